The van der Waals surface area contributed by atoms with Gasteiger partial charge in [0.05, 0.1) is 0 Å². The SMILES string of the molecule is c1ccc(Oc2nccc3c(-c4ccccc4)cccc23)cc1. The van der Waals surface area contributed by atoms with E-state index in [1.807, 2.05) is 54.6 Å². The van der Waals surface area contributed by atoms with Gasteiger partial charge >= 0.3 is 0 Å². The first-order chi connectivity index (χ1) is 11.4. The Bertz CT molecular complexity index is 933. The summed E-state index contributed by atoms with van der Waals surface area (Å²) in [5.74, 6) is 1.42. The Balaban J connectivity index is 1.85. The fourth-order valence-corrected chi connectivity index (χ4v) is 2.73. The number of hydrogen-bond acceptors (Lipinski definition) is 2. The standard InChI is InChI=1S/C21H15NO/c1-3-8-16(9-4-1)18-12-7-13-20-19(18)14-15-22-21(20)23-17-10-5-2-6-11-17/h1-15H. The van der Waals surface area contributed by atoms with E-state index in [2.05, 4.69) is 35.3 Å². The minimum Gasteiger partial charge on any atom is -0.438 e. The van der Waals surface area contributed by atoms with E-state index in [0.717, 1.165) is 16.5 Å². The molecule has 0 unspecified atom stereocenters. The topological polar surface area (TPSA) is 22.1 Å². The molecule has 0 radical (unpaired) electrons. The van der Waals surface area contributed by atoms with Gasteiger partial charge in [-0.2, -0.15) is 0 Å². The highest BCUT2D eigenvalue weighted by Gasteiger charge is 2.09. The molecule has 110 valence electrons. The monoisotopic (exact) mass is 297 g/mol. The Morgan fingerprint density at radius 3 is 2.13 bits per heavy atom. The molecule has 0 spiro atoms. The first kappa shape index (κ1) is 13.5. The molecule has 1 aromatic heterocycles. The van der Waals surface area contributed by atoms with Gasteiger partial charge in [-0.3, -0.25) is 0 Å². The largest absolute Gasteiger partial charge is 0.438 e. The molecule has 0 saturated heterocycles. The molecular formula is C21H15NO. The van der Waals surface area contributed by atoms with E-state index in [-0.39, 0.29) is 0 Å². The quantitative estimate of drug-likeness (QED) is 0.484. The molecule has 4 aromatic rings. The number of ether oxygens (including phenoxy) is 1. The van der Waals surface area contributed by atoms with Crippen molar-refractivity contribution in [3.8, 4) is 22.8 Å². The number of rotatable bonds is 3. The molecule has 4 rings (SSSR count). The van der Waals surface area contributed by atoms with Crippen LogP contribution in [-0.2, 0) is 0 Å². The van der Waals surface area contributed by atoms with Gasteiger partial charge in [0.2, 0.25) is 5.88 Å². The second kappa shape index (κ2) is 5.93. The van der Waals surface area contributed by atoms with Crippen LogP contribution in [0.3, 0.4) is 0 Å². The summed E-state index contributed by atoms with van der Waals surface area (Å²) in [6.07, 6.45) is 1.80. The highest BCUT2D eigenvalue weighted by atomic mass is 16.5. The molecule has 0 aliphatic rings. The zero-order chi connectivity index (χ0) is 15.5. The van der Waals surface area contributed by atoms with Crippen molar-refractivity contribution in [2.75, 3.05) is 0 Å². The maximum absolute atomic E-state index is 5.97. The Morgan fingerprint density at radius 1 is 0.609 bits per heavy atom. The van der Waals surface area contributed by atoms with Gasteiger partial charge in [-0.1, -0.05) is 60.7 Å². The maximum Gasteiger partial charge on any atom is 0.227 e. The van der Waals surface area contributed by atoms with Gasteiger partial charge < -0.3 is 4.74 Å². The highest BCUT2D eigenvalue weighted by molar-refractivity contribution is 5.99. The summed E-state index contributed by atoms with van der Waals surface area (Å²) in [5, 5.41) is 2.15. The van der Waals surface area contributed by atoms with Crippen molar-refractivity contribution in [3.05, 3.63) is 91.1 Å². The smallest absolute Gasteiger partial charge is 0.227 e. The lowest BCUT2D eigenvalue weighted by Gasteiger charge is -2.11. The number of nitrogens with zero attached hydrogens (tertiary/aromatic N) is 1. The van der Waals surface area contributed by atoms with Crippen LogP contribution < -0.4 is 4.74 Å². The summed E-state index contributed by atoms with van der Waals surface area (Å²) in [7, 11) is 0. The van der Waals surface area contributed by atoms with Crippen molar-refractivity contribution in [2.24, 2.45) is 0 Å². The Morgan fingerprint density at radius 2 is 1.35 bits per heavy atom. The van der Waals surface area contributed by atoms with E-state index in [1.54, 1.807) is 6.20 Å². The molecule has 0 saturated carbocycles. The first-order valence-corrected chi connectivity index (χ1v) is 7.58. The molecule has 0 amide bonds. The second-order valence-electron chi connectivity index (χ2n) is 5.30. The molecule has 2 heteroatoms. The lowest BCUT2D eigenvalue weighted by Crippen LogP contribution is -1.90. The molecule has 0 aliphatic carbocycles. The number of fused-ring (bicyclic) bond motifs is 1. The van der Waals surface area contributed by atoms with Crippen molar-refractivity contribution in [2.45, 2.75) is 0 Å². The number of para-hydroxylation sites is 1. The zero-order valence-electron chi connectivity index (χ0n) is 12.5. The van der Waals surface area contributed by atoms with Crippen molar-refractivity contribution < 1.29 is 4.74 Å². The van der Waals surface area contributed by atoms with E-state index in [9.17, 15) is 0 Å². The van der Waals surface area contributed by atoms with Gasteiger partial charge in [-0.05, 0) is 40.8 Å². The molecule has 1 heterocycles. The minimum atomic E-state index is 0.631. The molecule has 0 aliphatic heterocycles. The normalized spacial score (nSPS) is 10.6. The summed E-state index contributed by atoms with van der Waals surface area (Å²) in [5.41, 5.74) is 2.37. The van der Waals surface area contributed by atoms with Gasteiger partial charge in [0.15, 0.2) is 0 Å². The third-order valence-corrected chi connectivity index (χ3v) is 3.81. The molecule has 0 fully saturated rings. The lowest BCUT2D eigenvalue weighted by molar-refractivity contribution is 0.469. The molecular weight excluding hydrogens is 282 g/mol. The Labute approximate surface area is 135 Å². The van der Waals surface area contributed by atoms with E-state index < -0.39 is 0 Å². The van der Waals surface area contributed by atoms with Gasteiger partial charge in [0.1, 0.15) is 5.75 Å². The van der Waals surface area contributed by atoms with E-state index in [1.165, 1.54) is 11.1 Å². The average Bonchev–Trinajstić information content (AvgIpc) is 2.63. The van der Waals surface area contributed by atoms with Crippen molar-refractivity contribution in [3.63, 3.8) is 0 Å². The van der Waals surface area contributed by atoms with Crippen LogP contribution >= 0.6 is 0 Å². The van der Waals surface area contributed by atoms with Crippen LogP contribution in [-0.4, -0.2) is 4.98 Å². The molecule has 2 nitrogen and oxygen atoms in total. The van der Waals surface area contributed by atoms with Crippen LogP contribution in [0.5, 0.6) is 11.6 Å². The Hall–Kier alpha value is -3.13. The van der Waals surface area contributed by atoms with Gasteiger partial charge in [-0.25, -0.2) is 4.98 Å². The van der Waals surface area contributed by atoms with Crippen molar-refractivity contribution in [1.82, 2.24) is 4.98 Å². The van der Waals surface area contributed by atoms with E-state index >= 15 is 0 Å². The lowest BCUT2D eigenvalue weighted by atomic mass is 9.99. The minimum absolute atomic E-state index is 0.631. The molecule has 0 N–H and O–H groups in total. The van der Waals surface area contributed by atoms with E-state index in [4.69, 9.17) is 4.74 Å². The molecule has 3 aromatic carbocycles. The van der Waals surface area contributed by atoms with Gasteiger partial charge in [-0.15, -0.1) is 0 Å². The summed E-state index contributed by atoms with van der Waals surface area (Å²) in [6.45, 7) is 0. The fraction of sp³-hybridized carbons (Fsp3) is 0. The van der Waals surface area contributed by atoms with E-state index in [0.29, 0.717) is 5.88 Å². The third kappa shape index (κ3) is 2.67. The maximum atomic E-state index is 5.97. The van der Waals surface area contributed by atoms with Crippen LogP contribution in [0.25, 0.3) is 21.9 Å². The van der Waals surface area contributed by atoms with Crippen LogP contribution in [0.2, 0.25) is 0 Å². The van der Waals surface area contributed by atoms with Crippen LogP contribution in [0.15, 0.2) is 91.1 Å². The first-order valence-electron chi connectivity index (χ1n) is 7.58. The number of benzene rings is 3. The van der Waals surface area contributed by atoms with Gasteiger partial charge in [0, 0.05) is 11.6 Å². The average molecular weight is 297 g/mol. The summed E-state index contributed by atoms with van der Waals surface area (Å²) < 4.78 is 5.97. The number of aromatic nitrogens is 1. The summed E-state index contributed by atoms with van der Waals surface area (Å²) >= 11 is 0. The van der Waals surface area contributed by atoms with Gasteiger partial charge in [0.25, 0.3) is 0 Å². The predicted molar refractivity (Wildman–Crippen MR) is 93.7 cm³/mol. The summed E-state index contributed by atoms with van der Waals surface area (Å²) in [6, 6.07) is 28.4. The zero-order valence-corrected chi connectivity index (χ0v) is 12.5. The molecule has 0 bridgehead atoms. The highest BCUT2D eigenvalue weighted by Crippen LogP contribution is 2.33. The fourth-order valence-electron chi connectivity index (χ4n) is 2.73. The molecule has 0 atom stereocenters. The van der Waals surface area contributed by atoms with Crippen molar-refractivity contribution >= 4 is 10.8 Å². The van der Waals surface area contributed by atoms with Crippen molar-refractivity contribution in [1.29, 1.82) is 0 Å². The second-order valence-corrected chi connectivity index (χ2v) is 5.30. The summed E-state index contributed by atoms with van der Waals surface area (Å²) in [4.78, 5) is 4.41. The third-order valence-electron chi connectivity index (χ3n) is 3.81. The predicted octanol–water partition coefficient (Wildman–Crippen LogP) is 5.69. The van der Waals surface area contributed by atoms with Crippen LogP contribution in [0.4, 0.5) is 0 Å². The number of hydrogen-bond donors (Lipinski definition) is 0. The van der Waals surface area contributed by atoms with Crippen LogP contribution in [0.1, 0.15) is 0 Å². The Kier molecular flexibility index (Phi) is 3.49. The van der Waals surface area contributed by atoms with Crippen LogP contribution in [0, 0.1) is 0 Å². The number of pyridine rings is 1. The molecule has 23 heavy (non-hydrogen) atoms.